The lowest BCUT2D eigenvalue weighted by molar-refractivity contribution is -0.142. The van der Waals surface area contributed by atoms with E-state index in [0.717, 1.165) is 13.8 Å². The number of amides is 11. The summed E-state index contributed by atoms with van der Waals surface area (Å²) >= 11 is 0. The molecule has 0 fully saturated rings. The topological polar surface area (TPSA) is 526 Å². The van der Waals surface area contributed by atoms with Gasteiger partial charge in [-0.2, -0.15) is 0 Å². The van der Waals surface area contributed by atoms with Gasteiger partial charge in [0, 0.05) is 6.42 Å². The van der Waals surface area contributed by atoms with Gasteiger partial charge in [0.05, 0.1) is 43.9 Å². The Bertz CT molecular complexity index is 2300. The zero-order valence-corrected chi connectivity index (χ0v) is 42.3. The molecule has 1 rings (SSSR count). The maximum Gasteiger partial charge on any atom is 0.322 e. The highest BCUT2D eigenvalue weighted by Crippen LogP contribution is 2.11. The van der Waals surface area contributed by atoms with Crippen LogP contribution >= 0.6 is 0 Å². The number of hydrogen-bond acceptors (Lipinski definition) is 17. The molecule has 0 spiro atoms. The van der Waals surface area contributed by atoms with Gasteiger partial charge < -0.3 is 90.6 Å². The first kappa shape index (κ1) is 65.7. The van der Waals surface area contributed by atoms with Crippen LogP contribution in [0.1, 0.15) is 72.8 Å². The molecule has 0 aliphatic carbocycles. The monoisotopic (exact) mass is 1080 g/mol. The molecule has 76 heavy (non-hydrogen) atoms. The normalized spacial score (nSPS) is 15.4. The van der Waals surface area contributed by atoms with Crippen LogP contribution in [0, 0.1) is 11.8 Å². The van der Waals surface area contributed by atoms with Gasteiger partial charge in [-0.3, -0.25) is 67.1 Å². The molecule has 0 saturated carbocycles. The molecule has 31 heteroatoms. The quantitative estimate of drug-likeness (QED) is 0.0311. The number of aliphatic hydroxyl groups is 2. The third-order valence-electron chi connectivity index (χ3n) is 10.8. The molecule has 0 saturated heterocycles. The largest absolute Gasteiger partial charge is 0.481 e. The molecule has 0 aromatic heterocycles. The fourth-order valence-corrected chi connectivity index (χ4v) is 6.78. The number of nitrogens with one attached hydrogen (secondary N) is 9. The molecule has 1 aromatic carbocycles. The van der Waals surface area contributed by atoms with Crippen LogP contribution < -0.4 is 65.1 Å². The number of carboxylic acids is 3. The summed E-state index contributed by atoms with van der Waals surface area (Å²) in [6.07, 6.45) is -7.62. The Balaban J connectivity index is 3.48. The molecule has 0 heterocycles. The van der Waals surface area contributed by atoms with Gasteiger partial charge in [-0.1, -0.05) is 58.0 Å². The second-order valence-electron chi connectivity index (χ2n) is 18.1. The Morgan fingerprint density at radius 2 is 0.763 bits per heavy atom. The van der Waals surface area contributed by atoms with Crippen molar-refractivity contribution in [3.8, 4) is 0 Å². The van der Waals surface area contributed by atoms with Crippen LogP contribution in [0.25, 0.3) is 0 Å². The number of primary amides is 2. The predicted octanol–water partition coefficient (Wildman–Crippen LogP) is -7.59. The predicted molar refractivity (Wildman–Crippen MR) is 259 cm³/mol. The second-order valence-corrected chi connectivity index (χ2v) is 18.1. The summed E-state index contributed by atoms with van der Waals surface area (Å²) in [6.45, 7) is 6.88. The van der Waals surface area contributed by atoms with Crippen molar-refractivity contribution in [2.24, 2.45) is 29.0 Å². The maximum atomic E-state index is 14.1. The molecule has 0 unspecified atom stereocenters. The minimum Gasteiger partial charge on any atom is -0.481 e. The summed E-state index contributed by atoms with van der Waals surface area (Å²) in [5.41, 5.74) is 16.4. The third-order valence-corrected chi connectivity index (χ3v) is 10.8. The van der Waals surface area contributed by atoms with Gasteiger partial charge in [-0.05, 0) is 31.2 Å². The second kappa shape index (κ2) is 31.4. The highest BCUT2D eigenvalue weighted by atomic mass is 16.4. The standard InChI is InChI=1S/C45H68N12O19/c1-18(2)33(54-37(68)23(46)13-28(47)60)42(73)52-26(15-30(62)63)39(70)50-24(12-22-10-8-7-9-11-22)40(71)57-36(21(6)59)45(76)55-34(19(3)4)43(74)53-27(16-31(64)65)41(72)56-35(20(5)58)44(75)51-25(14-29(48)61)38(69)49-17-32(66)67/h7-11,18-21,23-27,33-36,58-59H,12-17,46H2,1-6H3,(H2,47,60)(H2,48,61)(H,49,69)(H,50,70)(H,51,75)(H,52,73)(H,53,74)(H,54,68)(H,55,76)(H,56,72)(H,57,71)(H,62,63)(H,64,65)(H,66,67)/t20-,21-,23+,24+,25+,26+,27+,33+,34+,35+,36+/m1/s1. The van der Waals surface area contributed by atoms with Crippen molar-refractivity contribution in [1.29, 1.82) is 0 Å². The zero-order valence-electron chi connectivity index (χ0n) is 42.3. The highest BCUT2D eigenvalue weighted by Gasteiger charge is 2.39. The molecule has 422 valence electrons. The fourth-order valence-electron chi connectivity index (χ4n) is 6.78. The summed E-state index contributed by atoms with van der Waals surface area (Å²) in [5, 5.41) is 69.0. The maximum absolute atomic E-state index is 14.1. The molecule has 20 N–H and O–H groups in total. The van der Waals surface area contributed by atoms with E-state index >= 15 is 0 Å². The summed E-state index contributed by atoms with van der Waals surface area (Å²) < 4.78 is 0. The Morgan fingerprint density at radius 3 is 1.14 bits per heavy atom. The number of hydrogen-bond donors (Lipinski definition) is 17. The smallest absolute Gasteiger partial charge is 0.322 e. The minimum absolute atomic E-state index is 0.347. The van der Waals surface area contributed by atoms with Gasteiger partial charge >= 0.3 is 17.9 Å². The summed E-state index contributed by atoms with van der Waals surface area (Å²) in [4.78, 5) is 179. The van der Waals surface area contributed by atoms with Crippen LogP contribution in [0.5, 0.6) is 0 Å². The summed E-state index contributed by atoms with van der Waals surface area (Å²) in [6, 6.07) is -8.20. The average molecular weight is 1080 g/mol. The van der Waals surface area contributed by atoms with Crippen LogP contribution in [0.15, 0.2) is 30.3 Å². The first-order chi connectivity index (χ1) is 35.2. The van der Waals surface area contributed by atoms with E-state index in [-0.39, 0.29) is 6.42 Å². The van der Waals surface area contributed by atoms with E-state index in [2.05, 4.69) is 31.9 Å². The van der Waals surface area contributed by atoms with Crippen LogP contribution in [-0.4, -0.2) is 182 Å². The molecule has 0 aliphatic heterocycles. The van der Waals surface area contributed by atoms with E-state index in [1.54, 1.807) is 30.3 Å². The van der Waals surface area contributed by atoms with E-state index < -0.39 is 194 Å². The Labute approximate surface area is 434 Å². The Hall–Kier alpha value is -8.32. The van der Waals surface area contributed by atoms with Crippen LogP contribution in [0.4, 0.5) is 0 Å². The number of nitrogens with two attached hydrogens (primary N) is 3. The van der Waals surface area contributed by atoms with E-state index in [9.17, 15) is 87.5 Å². The van der Waals surface area contributed by atoms with Crippen molar-refractivity contribution in [2.75, 3.05) is 6.54 Å². The highest BCUT2D eigenvalue weighted by molar-refractivity contribution is 6.00. The molecule has 0 bridgehead atoms. The first-order valence-electron chi connectivity index (χ1n) is 23.3. The summed E-state index contributed by atoms with van der Waals surface area (Å²) in [7, 11) is 0. The fraction of sp³-hybridized carbons (Fsp3) is 0.556. The lowest BCUT2D eigenvalue weighted by Gasteiger charge is -2.30. The van der Waals surface area contributed by atoms with Gasteiger partial charge in [0.2, 0.25) is 65.0 Å². The average Bonchev–Trinajstić information content (AvgIpc) is 3.30. The lowest BCUT2D eigenvalue weighted by atomic mass is 10.00. The number of rotatable bonds is 33. The van der Waals surface area contributed by atoms with Gasteiger partial charge in [0.1, 0.15) is 54.9 Å². The van der Waals surface area contributed by atoms with Gasteiger partial charge in [0.15, 0.2) is 0 Å². The summed E-state index contributed by atoms with van der Waals surface area (Å²) in [5.74, 6) is -19.3. The molecule has 11 atom stereocenters. The van der Waals surface area contributed by atoms with Gasteiger partial charge in [0.25, 0.3) is 0 Å². The number of benzene rings is 1. The Kier molecular flexibility index (Phi) is 27.2. The van der Waals surface area contributed by atoms with Crippen molar-refractivity contribution in [1.82, 2.24) is 47.9 Å². The number of carboxylic acid groups (broad SMARTS) is 3. The lowest BCUT2D eigenvalue weighted by Crippen LogP contribution is -2.63. The SMILES string of the molecule is CC(C)[C@H](NC(=O)[C@@H](NC(=O)[C@H](Cc1ccccc1)NC(=O)[C@H](CC(=O)O)NC(=O)[C@@H](NC(=O)[C@@H](N)CC(N)=O)C(C)C)[C@@H](C)O)C(=O)N[C@@H](CC(=O)O)C(=O)N[C@H](C(=O)N[C@@H](CC(N)=O)C(=O)NCC(=O)O)[C@@H](C)O. The van der Waals surface area contributed by atoms with Gasteiger partial charge in [-0.25, -0.2) is 0 Å². The van der Waals surface area contributed by atoms with Crippen molar-refractivity contribution in [3.05, 3.63) is 35.9 Å². The van der Waals surface area contributed by atoms with Crippen molar-refractivity contribution in [2.45, 2.75) is 140 Å². The van der Waals surface area contributed by atoms with Crippen molar-refractivity contribution < 1.29 is 92.7 Å². The Morgan fingerprint density at radius 1 is 0.421 bits per heavy atom. The molecule has 0 aliphatic rings. The number of carbonyl (C=O) groups is 14. The van der Waals surface area contributed by atoms with Crippen LogP contribution in [0.3, 0.4) is 0 Å². The van der Waals surface area contributed by atoms with Crippen LogP contribution in [-0.2, 0) is 73.5 Å². The molecular formula is C45H68N12O19. The zero-order chi connectivity index (χ0) is 58.3. The molecular weight excluding hydrogens is 1010 g/mol. The third kappa shape index (κ3) is 23.3. The molecule has 11 amide bonds. The van der Waals surface area contributed by atoms with E-state index in [0.29, 0.717) is 5.56 Å². The number of aliphatic carboxylic acids is 3. The number of carbonyl (C=O) groups excluding carboxylic acids is 11. The van der Waals surface area contributed by atoms with E-state index in [1.165, 1.54) is 27.7 Å². The van der Waals surface area contributed by atoms with E-state index in [1.807, 2.05) is 16.0 Å². The van der Waals surface area contributed by atoms with Gasteiger partial charge in [-0.15, -0.1) is 0 Å². The van der Waals surface area contributed by atoms with E-state index in [4.69, 9.17) is 22.3 Å². The minimum atomic E-state index is -2.07. The first-order valence-corrected chi connectivity index (χ1v) is 23.3. The molecule has 31 nitrogen and oxygen atoms in total. The van der Waals surface area contributed by atoms with Crippen LogP contribution in [0.2, 0.25) is 0 Å². The van der Waals surface area contributed by atoms with Crippen molar-refractivity contribution >= 4 is 82.9 Å². The molecule has 1 aromatic rings. The van der Waals surface area contributed by atoms with Crippen molar-refractivity contribution in [3.63, 3.8) is 0 Å². The molecule has 0 radical (unpaired) electrons. The number of aliphatic hydroxyl groups excluding tert-OH is 2.